The number of anilines is 1. The van der Waals surface area contributed by atoms with Crippen molar-refractivity contribution in [2.24, 2.45) is 5.92 Å². The molecule has 0 spiro atoms. The number of amides is 1. The lowest BCUT2D eigenvalue weighted by atomic mass is 10.0. The molecule has 1 N–H and O–H groups in total. The molecule has 1 aromatic carbocycles. The molecule has 0 radical (unpaired) electrons. The highest BCUT2D eigenvalue weighted by Gasteiger charge is 2.30. The molecule has 5 aromatic rings. The van der Waals surface area contributed by atoms with E-state index in [0.717, 1.165) is 35.5 Å². The Kier molecular flexibility index (Phi) is 4.59. The minimum Gasteiger partial charge on any atom is -0.323 e. The van der Waals surface area contributed by atoms with Gasteiger partial charge in [-0.3, -0.25) is 9.20 Å². The van der Waals surface area contributed by atoms with Crippen molar-refractivity contribution in [1.29, 1.82) is 5.26 Å². The van der Waals surface area contributed by atoms with Crippen LogP contribution in [0.25, 0.3) is 22.4 Å². The minimum atomic E-state index is -0.209. The Labute approximate surface area is 194 Å². The minimum absolute atomic E-state index is 0.0203. The van der Waals surface area contributed by atoms with Gasteiger partial charge < -0.3 is 5.32 Å². The van der Waals surface area contributed by atoms with Crippen molar-refractivity contribution in [2.45, 2.75) is 25.7 Å². The summed E-state index contributed by atoms with van der Waals surface area (Å²) in [4.78, 5) is 16.8. The molecular weight excluding hydrogens is 428 g/mol. The van der Waals surface area contributed by atoms with Gasteiger partial charge in [0.05, 0.1) is 28.9 Å². The Morgan fingerprint density at radius 1 is 1.18 bits per heavy atom. The van der Waals surface area contributed by atoms with Gasteiger partial charge in [0.2, 0.25) is 5.91 Å². The molecule has 1 aliphatic rings. The maximum absolute atomic E-state index is 12.4. The Bertz CT molecular complexity index is 1600. The van der Waals surface area contributed by atoms with Crippen molar-refractivity contribution in [2.75, 3.05) is 5.32 Å². The zero-order valence-electron chi connectivity index (χ0n) is 18.4. The second kappa shape index (κ2) is 7.78. The number of fused-ring (bicyclic) bond motifs is 2. The SMILES string of the molecule is CC(c1cc(NC(=O)C2CC2)c2nccn2n1)c1nnc2ccc(-c3cccc(C#N)c3)cn12. The van der Waals surface area contributed by atoms with Crippen molar-refractivity contribution in [3.8, 4) is 17.2 Å². The van der Waals surface area contributed by atoms with E-state index < -0.39 is 0 Å². The van der Waals surface area contributed by atoms with E-state index in [9.17, 15) is 10.1 Å². The molecule has 1 amide bonds. The van der Waals surface area contributed by atoms with Crippen LogP contribution in [0.5, 0.6) is 0 Å². The largest absolute Gasteiger partial charge is 0.323 e. The van der Waals surface area contributed by atoms with E-state index in [1.54, 1.807) is 23.0 Å². The highest BCUT2D eigenvalue weighted by molar-refractivity contribution is 5.97. The average Bonchev–Trinajstić information content (AvgIpc) is 3.46. The lowest BCUT2D eigenvalue weighted by Crippen LogP contribution is -2.16. The number of rotatable bonds is 5. The number of aromatic nitrogens is 6. The summed E-state index contributed by atoms with van der Waals surface area (Å²) in [5, 5.41) is 25.8. The Morgan fingerprint density at radius 2 is 2.06 bits per heavy atom. The fourth-order valence-electron chi connectivity index (χ4n) is 4.10. The summed E-state index contributed by atoms with van der Waals surface area (Å²) in [6.07, 6.45) is 7.26. The lowest BCUT2D eigenvalue weighted by molar-refractivity contribution is -0.117. The van der Waals surface area contributed by atoms with Crippen molar-refractivity contribution < 1.29 is 4.79 Å². The molecule has 9 heteroatoms. The number of pyridine rings is 1. The smallest absolute Gasteiger partial charge is 0.227 e. The first-order valence-electron chi connectivity index (χ1n) is 11.1. The third-order valence-electron chi connectivity index (χ3n) is 6.17. The quantitative estimate of drug-likeness (QED) is 0.437. The van der Waals surface area contributed by atoms with Gasteiger partial charge in [-0.05, 0) is 61.2 Å². The molecule has 0 bridgehead atoms. The van der Waals surface area contributed by atoms with Gasteiger partial charge in [-0.1, -0.05) is 12.1 Å². The standard InChI is InChI=1S/C25H20N8O/c1-15(20-12-21(28-25(34)17-5-6-17)24-27-9-10-33(24)31-20)23-30-29-22-8-7-19(14-32(22)23)18-4-2-3-16(11-18)13-26/h2-4,7-12,14-15,17H,5-6H2,1H3,(H,28,34). The molecule has 1 saturated carbocycles. The summed E-state index contributed by atoms with van der Waals surface area (Å²) in [6.45, 7) is 2.01. The number of imidazole rings is 1. The maximum Gasteiger partial charge on any atom is 0.227 e. The van der Waals surface area contributed by atoms with Crippen LogP contribution in [0.3, 0.4) is 0 Å². The number of nitrogens with zero attached hydrogens (tertiary/aromatic N) is 7. The van der Waals surface area contributed by atoms with Crippen molar-refractivity contribution in [1.82, 2.24) is 29.2 Å². The molecule has 1 unspecified atom stereocenters. The molecule has 1 fully saturated rings. The molecule has 4 aromatic heterocycles. The number of hydrogen-bond acceptors (Lipinski definition) is 6. The molecule has 9 nitrogen and oxygen atoms in total. The second-order valence-corrected chi connectivity index (χ2v) is 8.56. The average molecular weight is 448 g/mol. The van der Waals surface area contributed by atoms with Crippen LogP contribution in [0, 0.1) is 17.2 Å². The first-order chi connectivity index (χ1) is 16.6. The fraction of sp³-hybridized carbons (Fsp3) is 0.200. The van der Waals surface area contributed by atoms with Crippen LogP contribution in [0.2, 0.25) is 0 Å². The number of carbonyl (C=O) groups is 1. The summed E-state index contributed by atoms with van der Waals surface area (Å²) < 4.78 is 3.62. The van der Waals surface area contributed by atoms with Crippen LogP contribution in [0.15, 0.2) is 61.1 Å². The molecule has 0 saturated heterocycles. The van der Waals surface area contributed by atoms with E-state index in [4.69, 9.17) is 5.10 Å². The zero-order chi connectivity index (χ0) is 23.2. The van der Waals surface area contributed by atoms with Gasteiger partial charge in [0.1, 0.15) is 5.82 Å². The van der Waals surface area contributed by atoms with Gasteiger partial charge in [0.15, 0.2) is 11.3 Å². The van der Waals surface area contributed by atoms with Gasteiger partial charge in [-0.2, -0.15) is 10.4 Å². The van der Waals surface area contributed by atoms with E-state index in [1.807, 2.05) is 53.9 Å². The monoisotopic (exact) mass is 448 g/mol. The molecule has 6 rings (SSSR count). The number of benzene rings is 1. The van der Waals surface area contributed by atoms with Crippen LogP contribution < -0.4 is 5.32 Å². The third-order valence-corrected chi connectivity index (χ3v) is 6.17. The van der Waals surface area contributed by atoms with E-state index >= 15 is 0 Å². The summed E-state index contributed by atoms with van der Waals surface area (Å²) in [7, 11) is 0. The van der Waals surface area contributed by atoms with E-state index in [2.05, 4.69) is 26.6 Å². The predicted octanol–water partition coefficient (Wildman–Crippen LogP) is 3.81. The van der Waals surface area contributed by atoms with Crippen LogP contribution in [0.4, 0.5) is 5.69 Å². The molecule has 1 aliphatic carbocycles. The molecule has 166 valence electrons. The van der Waals surface area contributed by atoms with Gasteiger partial charge in [-0.15, -0.1) is 10.2 Å². The fourth-order valence-corrected chi connectivity index (χ4v) is 4.10. The van der Waals surface area contributed by atoms with E-state index in [0.29, 0.717) is 22.5 Å². The number of hydrogen-bond donors (Lipinski definition) is 1. The summed E-state index contributed by atoms with van der Waals surface area (Å²) in [5.74, 6) is 0.619. The van der Waals surface area contributed by atoms with Crippen molar-refractivity contribution in [3.63, 3.8) is 0 Å². The van der Waals surface area contributed by atoms with Crippen LogP contribution >= 0.6 is 0 Å². The normalized spacial score (nSPS) is 14.2. The van der Waals surface area contributed by atoms with Crippen LogP contribution in [0.1, 0.15) is 42.8 Å². The Morgan fingerprint density at radius 3 is 2.88 bits per heavy atom. The third kappa shape index (κ3) is 3.46. The molecule has 0 aliphatic heterocycles. The first-order valence-corrected chi connectivity index (χ1v) is 11.1. The van der Waals surface area contributed by atoms with Crippen molar-refractivity contribution >= 4 is 22.9 Å². The zero-order valence-corrected chi connectivity index (χ0v) is 18.4. The molecule has 1 atom stereocenters. The first kappa shape index (κ1) is 20.1. The predicted molar refractivity (Wildman–Crippen MR) is 125 cm³/mol. The molecule has 34 heavy (non-hydrogen) atoms. The maximum atomic E-state index is 12.4. The van der Waals surface area contributed by atoms with Crippen molar-refractivity contribution in [3.05, 3.63) is 78.1 Å². The molecular formula is C25H20N8O. The van der Waals surface area contributed by atoms with Crippen LogP contribution in [-0.2, 0) is 4.79 Å². The summed E-state index contributed by atoms with van der Waals surface area (Å²) in [5.41, 5.74) is 5.20. The van der Waals surface area contributed by atoms with Crippen LogP contribution in [-0.4, -0.2) is 35.1 Å². The highest BCUT2D eigenvalue weighted by Crippen LogP contribution is 2.32. The Balaban J connectivity index is 1.41. The molecule has 4 heterocycles. The van der Waals surface area contributed by atoms with Gasteiger partial charge in [-0.25, -0.2) is 9.50 Å². The Hall–Kier alpha value is -4.58. The van der Waals surface area contributed by atoms with Gasteiger partial charge in [0.25, 0.3) is 0 Å². The number of carbonyl (C=O) groups excluding carboxylic acids is 1. The second-order valence-electron chi connectivity index (χ2n) is 8.56. The summed E-state index contributed by atoms with van der Waals surface area (Å²) >= 11 is 0. The lowest BCUT2D eigenvalue weighted by Gasteiger charge is -2.13. The van der Waals surface area contributed by atoms with E-state index in [1.165, 1.54) is 0 Å². The number of nitrogens with one attached hydrogen (secondary N) is 1. The van der Waals surface area contributed by atoms with E-state index in [-0.39, 0.29) is 17.7 Å². The van der Waals surface area contributed by atoms with Gasteiger partial charge >= 0.3 is 0 Å². The van der Waals surface area contributed by atoms with Gasteiger partial charge in [0, 0.05) is 24.5 Å². The highest BCUT2D eigenvalue weighted by atomic mass is 16.2. The summed E-state index contributed by atoms with van der Waals surface area (Å²) in [6, 6.07) is 15.4. The topological polar surface area (TPSA) is 113 Å². The number of nitriles is 1.